The second-order valence-corrected chi connectivity index (χ2v) is 11.2. The molecule has 7 rings (SSSR count). The van der Waals surface area contributed by atoms with Crippen molar-refractivity contribution in [2.45, 2.75) is 25.7 Å². The predicted octanol–water partition coefficient (Wildman–Crippen LogP) is 7.21. The highest BCUT2D eigenvalue weighted by molar-refractivity contribution is 7.17. The van der Waals surface area contributed by atoms with E-state index in [1.165, 1.54) is 12.8 Å². The Morgan fingerprint density at radius 3 is 2.58 bits per heavy atom. The van der Waals surface area contributed by atoms with Crippen molar-refractivity contribution in [2.24, 2.45) is 5.92 Å². The summed E-state index contributed by atoms with van der Waals surface area (Å²) in [5.41, 5.74) is 6.31. The molecular weight excluding hydrogens is 490 g/mol. The van der Waals surface area contributed by atoms with Gasteiger partial charge in [0.1, 0.15) is 5.69 Å². The summed E-state index contributed by atoms with van der Waals surface area (Å²) in [4.78, 5) is 39.4. The van der Waals surface area contributed by atoms with Gasteiger partial charge in [-0.25, -0.2) is 4.98 Å². The Bertz CT molecular complexity index is 1700. The van der Waals surface area contributed by atoms with Crippen molar-refractivity contribution in [3.05, 3.63) is 101 Å². The first-order chi connectivity index (χ1) is 18.6. The molecule has 0 radical (unpaired) electrons. The SMILES string of the molecule is O=C(CC1CC1)c1cc2c(s1)-c1ccccc1N(C(=O)c1ccc3ccc(-c4ccncc4)cc3n1)CC2. The van der Waals surface area contributed by atoms with Crippen LogP contribution >= 0.6 is 11.3 Å². The monoisotopic (exact) mass is 515 g/mol. The third-order valence-electron chi connectivity index (χ3n) is 7.47. The first-order valence-electron chi connectivity index (χ1n) is 13.0. The Balaban J connectivity index is 1.23. The second-order valence-electron chi connectivity index (χ2n) is 10.1. The minimum absolute atomic E-state index is 0.117. The average Bonchev–Trinajstić information content (AvgIpc) is 3.71. The molecule has 1 fully saturated rings. The van der Waals surface area contributed by atoms with Crippen molar-refractivity contribution in [2.75, 3.05) is 11.4 Å². The highest BCUT2D eigenvalue weighted by Crippen LogP contribution is 2.43. The Morgan fingerprint density at radius 1 is 0.921 bits per heavy atom. The number of hydrogen-bond donors (Lipinski definition) is 0. The maximum Gasteiger partial charge on any atom is 0.276 e. The quantitative estimate of drug-likeness (QED) is 0.232. The molecule has 0 unspecified atom stereocenters. The number of thiophene rings is 1. The zero-order valence-corrected chi connectivity index (χ0v) is 21.6. The number of nitrogens with zero attached hydrogens (tertiary/aromatic N) is 3. The average molecular weight is 516 g/mol. The molecule has 3 aromatic heterocycles. The summed E-state index contributed by atoms with van der Waals surface area (Å²) in [7, 11) is 0. The summed E-state index contributed by atoms with van der Waals surface area (Å²) >= 11 is 1.57. The van der Waals surface area contributed by atoms with Gasteiger partial charge in [0, 0.05) is 41.2 Å². The van der Waals surface area contributed by atoms with Crippen LogP contribution in [0.25, 0.3) is 32.5 Å². The zero-order valence-electron chi connectivity index (χ0n) is 20.8. The summed E-state index contributed by atoms with van der Waals surface area (Å²) < 4.78 is 0. The van der Waals surface area contributed by atoms with Crippen molar-refractivity contribution < 1.29 is 9.59 Å². The van der Waals surface area contributed by atoms with Crippen molar-refractivity contribution >= 4 is 39.6 Å². The van der Waals surface area contributed by atoms with Gasteiger partial charge in [-0.3, -0.25) is 14.6 Å². The molecule has 4 heterocycles. The van der Waals surface area contributed by atoms with Gasteiger partial charge in [-0.05, 0) is 78.3 Å². The normalized spacial score (nSPS) is 14.6. The van der Waals surface area contributed by atoms with Gasteiger partial charge in [-0.1, -0.05) is 36.4 Å². The van der Waals surface area contributed by atoms with E-state index in [2.05, 4.69) is 23.2 Å². The lowest BCUT2D eigenvalue weighted by atomic mass is 10.0. The molecule has 0 atom stereocenters. The fourth-order valence-electron chi connectivity index (χ4n) is 5.23. The minimum Gasteiger partial charge on any atom is -0.306 e. The predicted molar refractivity (Wildman–Crippen MR) is 152 cm³/mol. The number of Topliss-reactive ketones (excluding diaryl/α,β-unsaturated/α-hetero) is 1. The number of fused-ring (bicyclic) bond motifs is 4. The Kier molecular flexibility index (Phi) is 5.63. The maximum atomic E-state index is 13.9. The first kappa shape index (κ1) is 23.0. The van der Waals surface area contributed by atoms with Gasteiger partial charge in [-0.2, -0.15) is 0 Å². The van der Waals surface area contributed by atoms with Gasteiger partial charge in [0.05, 0.1) is 16.1 Å². The van der Waals surface area contributed by atoms with Gasteiger partial charge >= 0.3 is 0 Å². The molecule has 1 aliphatic heterocycles. The molecule has 5 aromatic rings. The molecule has 6 heteroatoms. The summed E-state index contributed by atoms with van der Waals surface area (Å²) in [6.45, 7) is 0.534. The Labute approximate surface area is 224 Å². The smallest absolute Gasteiger partial charge is 0.276 e. The van der Waals surface area contributed by atoms with E-state index in [0.29, 0.717) is 31.0 Å². The van der Waals surface area contributed by atoms with Crippen molar-refractivity contribution in [1.82, 2.24) is 9.97 Å². The number of pyridine rings is 2. The summed E-state index contributed by atoms with van der Waals surface area (Å²) in [5.74, 6) is 0.705. The number of aromatic nitrogens is 2. The number of benzene rings is 2. The molecule has 1 saturated carbocycles. The van der Waals surface area contributed by atoms with Crippen LogP contribution in [-0.2, 0) is 6.42 Å². The topological polar surface area (TPSA) is 63.2 Å². The Hall–Kier alpha value is -4.16. The minimum atomic E-state index is -0.117. The lowest BCUT2D eigenvalue weighted by molar-refractivity contribution is 0.0972. The summed E-state index contributed by atoms with van der Waals surface area (Å²) in [5, 5.41) is 0.987. The molecule has 1 amide bonds. The van der Waals surface area contributed by atoms with Gasteiger partial charge in [0.2, 0.25) is 0 Å². The highest BCUT2D eigenvalue weighted by atomic mass is 32.1. The third-order valence-corrected chi connectivity index (χ3v) is 8.72. The number of para-hydroxylation sites is 1. The van der Waals surface area contributed by atoms with Crippen molar-refractivity contribution in [1.29, 1.82) is 0 Å². The molecule has 1 aliphatic carbocycles. The van der Waals surface area contributed by atoms with Crippen LogP contribution < -0.4 is 4.90 Å². The van der Waals surface area contributed by atoms with Crippen LogP contribution in [0.15, 0.2) is 85.2 Å². The van der Waals surface area contributed by atoms with Crippen LogP contribution in [0.2, 0.25) is 0 Å². The van der Waals surface area contributed by atoms with Gasteiger partial charge < -0.3 is 4.90 Å². The number of amides is 1. The fraction of sp³-hybridized carbons (Fsp3) is 0.188. The molecule has 0 bridgehead atoms. The fourth-order valence-corrected chi connectivity index (χ4v) is 6.42. The number of ketones is 1. The van der Waals surface area contributed by atoms with Crippen LogP contribution in [0.5, 0.6) is 0 Å². The van der Waals surface area contributed by atoms with Crippen LogP contribution in [0, 0.1) is 5.92 Å². The molecule has 0 spiro atoms. The van der Waals surface area contributed by atoms with Gasteiger partial charge in [-0.15, -0.1) is 11.3 Å². The highest BCUT2D eigenvalue weighted by Gasteiger charge is 2.30. The molecule has 5 nitrogen and oxygen atoms in total. The number of carbonyl (C=O) groups is 2. The summed E-state index contributed by atoms with van der Waals surface area (Å²) in [6, 6.07) is 23.9. The Morgan fingerprint density at radius 2 is 1.74 bits per heavy atom. The molecule has 2 aromatic carbocycles. The number of rotatable bonds is 5. The number of carbonyl (C=O) groups excluding carboxylic acids is 2. The number of anilines is 1. The molecule has 186 valence electrons. The molecule has 2 aliphatic rings. The van der Waals surface area contributed by atoms with E-state index in [9.17, 15) is 9.59 Å². The largest absolute Gasteiger partial charge is 0.306 e. The van der Waals surface area contributed by atoms with E-state index in [1.807, 2.05) is 59.5 Å². The number of hydrogen-bond acceptors (Lipinski definition) is 5. The van der Waals surface area contributed by atoms with E-state index in [1.54, 1.807) is 23.7 Å². The van der Waals surface area contributed by atoms with E-state index < -0.39 is 0 Å². The van der Waals surface area contributed by atoms with Crippen LogP contribution in [0.1, 0.15) is 45.0 Å². The van der Waals surface area contributed by atoms with Crippen LogP contribution in [0.3, 0.4) is 0 Å². The van der Waals surface area contributed by atoms with E-state index in [0.717, 1.165) is 48.6 Å². The lowest BCUT2D eigenvalue weighted by Crippen LogP contribution is -2.33. The van der Waals surface area contributed by atoms with E-state index in [4.69, 9.17) is 4.98 Å². The molecular formula is C32H25N3O2S. The molecule has 0 N–H and O–H groups in total. The molecule has 38 heavy (non-hydrogen) atoms. The van der Waals surface area contributed by atoms with Crippen LogP contribution in [-0.4, -0.2) is 28.2 Å². The first-order valence-corrected chi connectivity index (χ1v) is 13.8. The second kappa shape index (κ2) is 9.30. The van der Waals surface area contributed by atoms with Gasteiger partial charge in [0.25, 0.3) is 5.91 Å². The lowest BCUT2D eigenvalue weighted by Gasteiger charge is -2.22. The zero-order chi connectivity index (χ0) is 25.6. The van der Waals surface area contributed by atoms with Crippen molar-refractivity contribution in [3.63, 3.8) is 0 Å². The standard InChI is InChI=1S/C32H25N3O2S/c36-29(17-20-5-6-20)30-19-24-13-16-35(28-4-2-1-3-25(28)31(24)38-30)32(37)26-10-9-22-7-8-23(18-27(22)34-26)21-11-14-33-15-12-21/h1-4,7-12,14-15,18-20H,5-6,13,16-17H2. The maximum absolute atomic E-state index is 13.9. The van der Waals surface area contributed by atoms with Crippen molar-refractivity contribution in [3.8, 4) is 21.6 Å². The third kappa shape index (κ3) is 4.21. The van der Waals surface area contributed by atoms with E-state index >= 15 is 0 Å². The summed E-state index contributed by atoms with van der Waals surface area (Å²) in [6.07, 6.45) is 7.24. The van der Waals surface area contributed by atoms with Crippen LogP contribution in [0.4, 0.5) is 5.69 Å². The van der Waals surface area contributed by atoms with Gasteiger partial charge in [0.15, 0.2) is 5.78 Å². The van der Waals surface area contributed by atoms with E-state index in [-0.39, 0.29) is 11.7 Å². The molecule has 0 saturated heterocycles.